The van der Waals surface area contributed by atoms with E-state index in [1.807, 2.05) is 6.92 Å². The van der Waals surface area contributed by atoms with Crippen LogP contribution in [0.3, 0.4) is 0 Å². The molecule has 1 heterocycles. The van der Waals surface area contributed by atoms with E-state index in [2.05, 4.69) is 19.9 Å². The summed E-state index contributed by atoms with van der Waals surface area (Å²) < 4.78 is 5.27. The van der Waals surface area contributed by atoms with Crippen LogP contribution in [-0.4, -0.2) is 17.7 Å². The molecule has 0 spiro atoms. The van der Waals surface area contributed by atoms with Gasteiger partial charge in [0.2, 0.25) is 0 Å². The number of hydrogen-bond acceptors (Lipinski definition) is 3. The number of aryl methyl sites for hydroxylation is 1. The maximum absolute atomic E-state index is 12.0. The van der Waals surface area contributed by atoms with Crippen molar-refractivity contribution in [2.45, 2.75) is 39.7 Å². The van der Waals surface area contributed by atoms with Gasteiger partial charge in [-0.1, -0.05) is 19.9 Å². The second-order valence-electron chi connectivity index (χ2n) is 6.21. The van der Waals surface area contributed by atoms with E-state index in [1.54, 1.807) is 0 Å². The summed E-state index contributed by atoms with van der Waals surface area (Å²) in [5, 5.41) is 9.33. The Balaban J connectivity index is 2.23. The molecule has 3 rings (SSSR count). The van der Waals surface area contributed by atoms with Crippen molar-refractivity contribution in [3.8, 4) is 0 Å². The van der Waals surface area contributed by atoms with Gasteiger partial charge in [-0.05, 0) is 41.9 Å². The van der Waals surface area contributed by atoms with Gasteiger partial charge in [-0.15, -0.1) is 0 Å². The van der Waals surface area contributed by atoms with Crippen molar-refractivity contribution in [3.05, 3.63) is 33.9 Å². The van der Waals surface area contributed by atoms with Crippen LogP contribution in [-0.2, 0) is 17.6 Å². The number of fused-ring (bicyclic) bond motifs is 3. The first kappa shape index (κ1) is 11.7. The van der Waals surface area contributed by atoms with Crippen LogP contribution in [0.4, 0.5) is 0 Å². The highest BCUT2D eigenvalue weighted by atomic mass is 16.6. The van der Waals surface area contributed by atoms with E-state index in [0.29, 0.717) is 0 Å². The Hall–Kier alpha value is -1.35. The van der Waals surface area contributed by atoms with Crippen LogP contribution in [0.15, 0.2) is 6.07 Å². The summed E-state index contributed by atoms with van der Waals surface area (Å²) in [6, 6.07) is 2.16. The summed E-state index contributed by atoms with van der Waals surface area (Å²) in [6.45, 7) is 6.30. The molecule has 0 saturated heterocycles. The van der Waals surface area contributed by atoms with E-state index >= 15 is 0 Å². The molecule has 0 saturated carbocycles. The van der Waals surface area contributed by atoms with Crippen LogP contribution in [0, 0.1) is 12.3 Å². The molecule has 0 radical (unpaired) electrons. The number of carbonyl (C=O) groups is 1. The summed E-state index contributed by atoms with van der Waals surface area (Å²) in [6.07, 6.45) is 1.45. The Labute approximate surface area is 107 Å². The number of rotatable bonds is 1. The summed E-state index contributed by atoms with van der Waals surface area (Å²) in [4.78, 5) is 12.0. The molecule has 1 aliphatic carbocycles. The number of carbonyl (C=O) groups excluding carboxylic acids is 1. The van der Waals surface area contributed by atoms with Crippen molar-refractivity contribution in [3.63, 3.8) is 0 Å². The third-order valence-corrected chi connectivity index (χ3v) is 4.04. The van der Waals surface area contributed by atoms with Crippen LogP contribution in [0.1, 0.15) is 52.6 Å². The molecule has 1 aromatic carbocycles. The fourth-order valence-electron chi connectivity index (χ4n) is 3.39. The number of aliphatic hydroxyl groups excluding tert-OH is 1. The quantitative estimate of drug-likeness (QED) is 0.773. The lowest BCUT2D eigenvalue weighted by atomic mass is 9.89. The zero-order valence-electron chi connectivity index (χ0n) is 11.0. The predicted octanol–water partition coefficient (Wildman–Crippen LogP) is 2.32. The zero-order valence-corrected chi connectivity index (χ0v) is 11.0. The molecule has 0 bridgehead atoms. The van der Waals surface area contributed by atoms with E-state index < -0.39 is 6.10 Å². The van der Waals surface area contributed by atoms with Gasteiger partial charge in [-0.25, -0.2) is 4.79 Å². The van der Waals surface area contributed by atoms with Crippen LogP contribution >= 0.6 is 0 Å². The molecule has 1 aliphatic heterocycles. The normalized spacial score (nSPS) is 23.8. The van der Waals surface area contributed by atoms with Gasteiger partial charge in [0.05, 0.1) is 12.2 Å². The minimum atomic E-state index is -0.471. The molecule has 0 fully saturated rings. The van der Waals surface area contributed by atoms with Gasteiger partial charge in [0, 0.05) is 5.56 Å². The minimum absolute atomic E-state index is 0.137. The van der Waals surface area contributed by atoms with Crippen LogP contribution in [0.5, 0.6) is 0 Å². The van der Waals surface area contributed by atoms with E-state index in [9.17, 15) is 9.90 Å². The van der Waals surface area contributed by atoms with Gasteiger partial charge in [0.1, 0.15) is 0 Å². The molecule has 3 heteroatoms. The van der Waals surface area contributed by atoms with Gasteiger partial charge < -0.3 is 9.84 Å². The molecule has 0 amide bonds. The second-order valence-corrected chi connectivity index (χ2v) is 6.21. The van der Waals surface area contributed by atoms with E-state index in [-0.39, 0.29) is 18.0 Å². The van der Waals surface area contributed by atoms with Crippen LogP contribution in [0.25, 0.3) is 0 Å². The summed E-state index contributed by atoms with van der Waals surface area (Å²) in [5.41, 5.74) is 5.31. The largest absolute Gasteiger partial charge is 0.451 e. The van der Waals surface area contributed by atoms with Gasteiger partial charge in [-0.2, -0.15) is 0 Å². The van der Waals surface area contributed by atoms with E-state index in [1.165, 1.54) is 5.56 Å². The van der Waals surface area contributed by atoms with Crippen molar-refractivity contribution in [1.82, 2.24) is 0 Å². The maximum atomic E-state index is 12.0. The van der Waals surface area contributed by atoms with E-state index in [0.717, 1.165) is 35.1 Å². The average molecular weight is 246 g/mol. The van der Waals surface area contributed by atoms with Gasteiger partial charge >= 0.3 is 5.97 Å². The lowest BCUT2D eigenvalue weighted by Crippen LogP contribution is -2.10. The molecule has 1 atom stereocenters. The smallest absolute Gasteiger partial charge is 0.339 e. The summed E-state index contributed by atoms with van der Waals surface area (Å²) in [5.74, 6) is -0.262. The summed E-state index contributed by atoms with van der Waals surface area (Å²) >= 11 is 0. The topological polar surface area (TPSA) is 46.5 Å². The predicted molar refractivity (Wildman–Crippen MR) is 67.6 cm³/mol. The first-order valence-electron chi connectivity index (χ1n) is 6.40. The van der Waals surface area contributed by atoms with Crippen molar-refractivity contribution < 1.29 is 14.6 Å². The Bertz CT molecular complexity index is 543. The zero-order chi connectivity index (χ0) is 13.1. The lowest BCUT2D eigenvalue weighted by molar-refractivity contribution is 0.0234. The minimum Gasteiger partial charge on any atom is -0.451 e. The van der Waals surface area contributed by atoms with Crippen molar-refractivity contribution in [1.29, 1.82) is 0 Å². The van der Waals surface area contributed by atoms with Crippen molar-refractivity contribution >= 4 is 5.97 Å². The molecule has 1 N–H and O–H groups in total. The fourth-order valence-corrected chi connectivity index (χ4v) is 3.39. The molecular weight excluding hydrogens is 228 g/mol. The van der Waals surface area contributed by atoms with Crippen LogP contribution in [0.2, 0.25) is 0 Å². The Morgan fingerprint density at radius 2 is 2.17 bits per heavy atom. The SMILES string of the molecule is Cc1cc2c(c3c1[C@@H](CO)OC3=O)CC(C)(C)C2. The second kappa shape index (κ2) is 3.58. The number of ether oxygens (including phenoxy) is 1. The first-order valence-corrected chi connectivity index (χ1v) is 6.40. The maximum Gasteiger partial charge on any atom is 0.339 e. The molecule has 1 aromatic rings. The molecule has 0 aromatic heterocycles. The number of esters is 1. The fraction of sp³-hybridized carbons (Fsp3) is 0.533. The van der Waals surface area contributed by atoms with E-state index in [4.69, 9.17) is 4.74 Å². The van der Waals surface area contributed by atoms with Crippen molar-refractivity contribution in [2.75, 3.05) is 6.61 Å². The number of hydrogen-bond donors (Lipinski definition) is 1. The Kier molecular flexibility index (Phi) is 2.33. The lowest BCUT2D eigenvalue weighted by Gasteiger charge is -2.14. The highest BCUT2D eigenvalue weighted by molar-refractivity contribution is 5.97. The highest BCUT2D eigenvalue weighted by Gasteiger charge is 2.40. The third-order valence-electron chi connectivity index (χ3n) is 4.04. The van der Waals surface area contributed by atoms with Gasteiger partial charge in [-0.3, -0.25) is 0 Å². The van der Waals surface area contributed by atoms with Gasteiger partial charge in [0.15, 0.2) is 6.10 Å². The number of cyclic esters (lactones) is 1. The first-order chi connectivity index (χ1) is 8.43. The van der Waals surface area contributed by atoms with Crippen molar-refractivity contribution in [2.24, 2.45) is 5.41 Å². The average Bonchev–Trinajstić information content (AvgIpc) is 2.75. The third kappa shape index (κ3) is 1.50. The number of benzene rings is 1. The molecule has 0 unspecified atom stereocenters. The highest BCUT2D eigenvalue weighted by Crippen LogP contribution is 2.44. The molecular formula is C15H18O3. The Morgan fingerprint density at radius 3 is 2.83 bits per heavy atom. The monoisotopic (exact) mass is 246 g/mol. The standard InChI is InChI=1S/C15H18O3/c1-8-4-9-5-15(2,3)6-10(9)13-12(8)11(7-16)18-14(13)17/h4,11,16H,5-7H2,1-3H3/t11-/m1/s1. The van der Waals surface area contributed by atoms with Crippen LogP contribution < -0.4 is 0 Å². The molecule has 3 nitrogen and oxygen atoms in total. The number of aliphatic hydroxyl groups is 1. The molecule has 96 valence electrons. The molecule has 18 heavy (non-hydrogen) atoms. The molecule has 2 aliphatic rings. The van der Waals surface area contributed by atoms with Gasteiger partial charge in [0.25, 0.3) is 0 Å². The Morgan fingerprint density at radius 1 is 1.44 bits per heavy atom. The summed E-state index contributed by atoms with van der Waals surface area (Å²) in [7, 11) is 0.